The minimum atomic E-state index is -0.981. The van der Waals surface area contributed by atoms with Gasteiger partial charge in [-0.05, 0) is 12.8 Å². The van der Waals surface area contributed by atoms with E-state index in [1.165, 1.54) is 6.34 Å². The summed E-state index contributed by atoms with van der Waals surface area (Å²) in [5, 5.41) is 8.42. The van der Waals surface area contributed by atoms with Crippen LogP contribution in [0.4, 0.5) is 0 Å². The fourth-order valence-electron chi connectivity index (χ4n) is 0.673. The SMILES string of the molecule is Cl.NNNC=NCCC[C@H](N)C(=O)O. The molecule has 7 N–H and O–H groups in total. The standard InChI is InChI=1S/C6H15N5O2.ClH/c7-5(6(12)13)2-1-3-9-4-10-11-8;/h4-5,11H,1-3,7-8H2,(H,9,10)(H,12,13);1H/t5-;/m0./s1. The monoisotopic (exact) mass is 225 g/mol. The third-order valence-corrected chi connectivity index (χ3v) is 1.36. The Bertz CT molecular complexity index is 178. The van der Waals surface area contributed by atoms with E-state index in [-0.39, 0.29) is 12.4 Å². The maximum atomic E-state index is 10.3. The maximum absolute atomic E-state index is 10.3. The summed E-state index contributed by atoms with van der Waals surface area (Å²) in [7, 11) is 0. The minimum absolute atomic E-state index is 0. The third-order valence-electron chi connectivity index (χ3n) is 1.36. The van der Waals surface area contributed by atoms with Crippen molar-refractivity contribution in [2.45, 2.75) is 18.9 Å². The highest BCUT2D eigenvalue weighted by Gasteiger charge is 2.09. The first-order chi connectivity index (χ1) is 6.18. The summed E-state index contributed by atoms with van der Waals surface area (Å²) < 4.78 is 0. The van der Waals surface area contributed by atoms with E-state index in [0.717, 1.165) is 0 Å². The first kappa shape index (κ1) is 15.6. The molecule has 14 heavy (non-hydrogen) atoms. The van der Waals surface area contributed by atoms with Gasteiger partial charge in [-0.2, -0.15) is 5.53 Å². The molecule has 0 bridgehead atoms. The molecule has 0 fully saturated rings. The van der Waals surface area contributed by atoms with Crippen molar-refractivity contribution < 1.29 is 9.90 Å². The van der Waals surface area contributed by atoms with Gasteiger partial charge in [-0.1, -0.05) is 0 Å². The smallest absolute Gasteiger partial charge is 0.320 e. The van der Waals surface area contributed by atoms with Crippen LogP contribution in [0.25, 0.3) is 0 Å². The van der Waals surface area contributed by atoms with E-state index in [4.69, 9.17) is 16.7 Å². The highest BCUT2D eigenvalue weighted by molar-refractivity contribution is 5.85. The Morgan fingerprint density at radius 1 is 1.64 bits per heavy atom. The molecule has 84 valence electrons. The number of nitrogens with one attached hydrogen (secondary N) is 2. The van der Waals surface area contributed by atoms with Crippen molar-refractivity contribution in [1.82, 2.24) is 11.0 Å². The first-order valence-corrected chi connectivity index (χ1v) is 3.86. The Balaban J connectivity index is 0. The molecule has 0 saturated carbocycles. The van der Waals surface area contributed by atoms with E-state index in [1.54, 1.807) is 0 Å². The molecule has 0 aliphatic carbocycles. The van der Waals surface area contributed by atoms with Gasteiger partial charge in [0.1, 0.15) is 6.04 Å². The van der Waals surface area contributed by atoms with Crippen molar-refractivity contribution in [2.75, 3.05) is 6.54 Å². The Morgan fingerprint density at radius 2 is 2.29 bits per heavy atom. The lowest BCUT2D eigenvalue weighted by molar-refractivity contribution is -0.138. The van der Waals surface area contributed by atoms with Crippen molar-refractivity contribution in [2.24, 2.45) is 16.6 Å². The van der Waals surface area contributed by atoms with E-state index < -0.39 is 12.0 Å². The van der Waals surface area contributed by atoms with Crippen molar-refractivity contribution in [1.29, 1.82) is 0 Å². The van der Waals surface area contributed by atoms with Crippen molar-refractivity contribution in [3.63, 3.8) is 0 Å². The molecule has 0 aliphatic heterocycles. The molecule has 0 rings (SSSR count). The molecule has 0 heterocycles. The average Bonchev–Trinajstić information content (AvgIpc) is 2.10. The second-order valence-electron chi connectivity index (χ2n) is 2.41. The first-order valence-electron chi connectivity index (χ1n) is 3.86. The van der Waals surface area contributed by atoms with E-state index >= 15 is 0 Å². The number of aliphatic imine (C=N–C) groups is 1. The second-order valence-corrected chi connectivity index (χ2v) is 2.41. The average molecular weight is 226 g/mol. The summed E-state index contributed by atoms with van der Waals surface area (Å²) in [5.41, 5.74) is 9.87. The molecule has 0 saturated heterocycles. The summed E-state index contributed by atoms with van der Waals surface area (Å²) in [5.74, 6) is 3.90. The topological polar surface area (TPSA) is 126 Å². The molecule has 1 atom stereocenters. The highest BCUT2D eigenvalue weighted by Crippen LogP contribution is 1.94. The van der Waals surface area contributed by atoms with E-state index in [1.807, 2.05) is 0 Å². The number of hydrazine groups is 2. The molecule has 0 spiro atoms. The van der Waals surface area contributed by atoms with Gasteiger partial charge in [0.15, 0.2) is 0 Å². The van der Waals surface area contributed by atoms with E-state index in [2.05, 4.69) is 16.0 Å². The molecule has 0 radical (unpaired) electrons. The summed E-state index contributed by atoms with van der Waals surface area (Å²) >= 11 is 0. The molecule has 8 heteroatoms. The van der Waals surface area contributed by atoms with Crippen LogP contribution in [0.1, 0.15) is 12.8 Å². The zero-order valence-electron chi connectivity index (χ0n) is 7.64. The quantitative estimate of drug-likeness (QED) is 0.119. The van der Waals surface area contributed by atoms with Crippen LogP contribution in [-0.4, -0.2) is 30.0 Å². The number of nitrogens with two attached hydrogens (primary N) is 2. The molecule has 0 aromatic rings. The number of aliphatic carboxylic acids is 1. The van der Waals surface area contributed by atoms with Gasteiger partial charge in [0.25, 0.3) is 0 Å². The Hall–Kier alpha value is -0.890. The third kappa shape index (κ3) is 9.20. The normalized spacial score (nSPS) is 12.1. The fraction of sp³-hybridized carbons (Fsp3) is 0.667. The van der Waals surface area contributed by atoms with E-state index in [9.17, 15) is 4.79 Å². The Morgan fingerprint density at radius 3 is 2.79 bits per heavy atom. The number of rotatable bonds is 7. The zero-order valence-corrected chi connectivity index (χ0v) is 8.46. The summed E-state index contributed by atoms with van der Waals surface area (Å²) in [6, 6.07) is -0.796. The number of carboxylic acid groups (broad SMARTS) is 1. The van der Waals surface area contributed by atoms with Crippen LogP contribution in [0.5, 0.6) is 0 Å². The molecular weight excluding hydrogens is 210 g/mol. The van der Waals surface area contributed by atoms with Crippen molar-refractivity contribution in [3.8, 4) is 0 Å². The molecule has 0 aromatic carbocycles. The highest BCUT2D eigenvalue weighted by atomic mass is 35.5. The summed E-state index contributed by atoms with van der Waals surface area (Å²) in [6.07, 6.45) is 2.45. The molecular formula is C6H16ClN5O2. The predicted octanol–water partition coefficient (Wildman–Crippen LogP) is -1.40. The van der Waals surface area contributed by atoms with Crippen molar-refractivity contribution >= 4 is 24.7 Å². The van der Waals surface area contributed by atoms with Gasteiger partial charge in [-0.3, -0.25) is 21.1 Å². The van der Waals surface area contributed by atoms with Gasteiger partial charge in [-0.15, -0.1) is 12.4 Å². The zero-order chi connectivity index (χ0) is 10.1. The van der Waals surface area contributed by atoms with Crippen LogP contribution in [0.3, 0.4) is 0 Å². The van der Waals surface area contributed by atoms with Crippen LogP contribution in [0.15, 0.2) is 4.99 Å². The Labute approximate surface area is 88.3 Å². The molecule has 7 nitrogen and oxygen atoms in total. The predicted molar refractivity (Wildman–Crippen MR) is 55.9 cm³/mol. The van der Waals surface area contributed by atoms with E-state index in [0.29, 0.717) is 19.4 Å². The minimum Gasteiger partial charge on any atom is -0.480 e. The van der Waals surface area contributed by atoms with Gasteiger partial charge in [-0.25, -0.2) is 0 Å². The van der Waals surface area contributed by atoms with Crippen LogP contribution < -0.4 is 22.5 Å². The van der Waals surface area contributed by atoms with Gasteiger partial charge >= 0.3 is 5.97 Å². The molecule has 0 aliphatic rings. The lowest BCUT2D eigenvalue weighted by atomic mass is 10.2. The Kier molecular flexibility index (Phi) is 11.3. The number of carboxylic acids is 1. The number of carbonyl (C=O) groups is 1. The van der Waals surface area contributed by atoms with Gasteiger partial charge in [0.2, 0.25) is 0 Å². The number of hydrogen-bond donors (Lipinski definition) is 5. The molecule has 0 unspecified atom stereocenters. The maximum Gasteiger partial charge on any atom is 0.320 e. The lowest BCUT2D eigenvalue weighted by Crippen LogP contribution is -2.36. The second kappa shape index (κ2) is 10.2. The van der Waals surface area contributed by atoms with Crippen LogP contribution >= 0.6 is 12.4 Å². The van der Waals surface area contributed by atoms with Crippen LogP contribution in [-0.2, 0) is 4.79 Å². The largest absolute Gasteiger partial charge is 0.480 e. The number of nitrogens with zero attached hydrogens (tertiary/aromatic N) is 1. The van der Waals surface area contributed by atoms with Gasteiger partial charge in [0, 0.05) is 6.54 Å². The number of halogens is 1. The van der Waals surface area contributed by atoms with Crippen LogP contribution in [0.2, 0.25) is 0 Å². The van der Waals surface area contributed by atoms with Gasteiger partial charge < -0.3 is 10.8 Å². The fourth-order valence-corrected chi connectivity index (χ4v) is 0.673. The summed E-state index contributed by atoms with van der Waals surface area (Å²) in [6.45, 7) is 0.523. The van der Waals surface area contributed by atoms with Crippen LogP contribution in [0, 0.1) is 0 Å². The summed E-state index contributed by atoms with van der Waals surface area (Å²) in [4.78, 5) is 14.1. The van der Waals surface area contributed by atoms with Gasteiger partial charge in [0.05, 0.1) is 6.34 Å². The molecule has 0 aromatic heterocycles. The molecule has 0 amide bonds. The van der Waals surface area contributed by atoms with Crippen molar-refractivity contribution in [3.05, 3.63) is 0 Å². The number of hydrogen-bond acceptors (Lipinski definition) is 5. The lowest BCUT2D eigenvalue weighted by Gasteiger charge is -2.03.